The van der Waals surface area contributed by atoms with Crippen LogP contribution in [0.5, 0.6) is 0 Å². The molecule has 1 aromatic heterocycles. The van der Waals surface area contributed by atoms with Gasteiger partial charge in [-0.1, -0.05) is 0 Å². The van der Waals surface area contributed by atoms with Gasteiger partial charge in [-0.15, -0.1) is 0 Å². The number of carbonyl (C=O) groups excluding carboxylic acids is 1. The second kappa shape index (κ2) is 9.78. The first-order valence-corrected chi connectivity index (χ1v) is 5.78. The van der Waals surface area contributed by atoms with Crippen molar-refractivity contribution >= 4 is 12.0 Å². The lowest BCUT2D eigenvalue weighted by Gasteiger charge is -2.05. The van der Waals surface area contributed by atoms with Crippen LogP contribution < -0.4 is 5.32 Å². The number of nitrogens with zero attached hydrogens (tertiary/aromatic N) is 2. The van der Waals surface area contributed by atoms with Gasteiger partial charge >= 0.3 is 0 Å². The first-order valence-electron chi connectivity index (χ1n) is 5.78. The average molecular weight is 237 g/mol. The molecule has 0 fully saturated rings. The van der Waals surface area contributed by atoms with Gasteiger partial charge in [-0.05, 0) is 45.6 Å². The van der Waals surface area contributed by atoms with Crippen LogP contribution in [-0.2, 0) is 4.79 Å². The number of anilines is 1. The SMILES string of the molecule is CN(C)CCCC=O.CNc1cncc(C)c1. The highest BCUT2D eigenvalue weighted by atomic mass is 16.1. The van der Waals surface area contributed by atoms with E-state index in [9.17, 15) is 4.79 Å². The summed E-state index contributed by atoms with van der Waals surface area (Å²) in [5, 5.41) is 3.01. The van der Waals surface area contributed by atoms with E-state index < -0.39 is 0 Å². The smallest absolute Gasteiger partial charge is 0.120 e. The minimum Gasteiger partial charge on any atom is -0.387 e. The van der Waals surface area contributed by atoms with Gasteiger partial charge < -0.3 is 15.0 Å². The number of rotatable bonds is 5. The van der Waals surface area contributed by atoms with E-state index in [1.807, 2.05) is 40.3 Å². The van der Waals surface area contributed by atoms with Gasteiger partial charge in [0.05, 0.1) is 5.69 Å². The molecule has 96 valence electrons. The van der Waals surface area contributed by atoms with Gasteiger partial charge in [-0.2, -0.15) is 0 Å². The third kappa shape index (κ3) is 9.51. The van der Waals surface area contributed by atoms with Gasteiger partial charge in [0.15, 0.2) is 0 Å². The fraction of sp³-hybridized carbons (Fsp3) is 0.538. The Morgan fingerprint density at radius 1 is 1.41 bits per heavy atom. The molecule has 4 nitrogen and oxygen atoms in total. The van der Waals surface area contributed by atoms with Crippen molar-refractivity contribution in [2.24, 2.45) is 0 Å². The van der Waals surface area contributed by atoms with Crippen molar-refractivity contribution in [3.05, 3.63) is 24.0 Å². The normalized spacial score (nSPS) is 9.47. The highest BCUT2D eigenvalue weighted by Gasteiger charge is 1.87. The number of hydrogen-bond acceptors (Lipinski definition) is 4. The van der Waals surface area contributed by atoms with Crippen LogP contribution in [0.15, 0.2) is 18.5 Å². The summed E-state index contributed by atoms with van der Waals surface area (Å²) in [5.41, 5.74) is 2.25. The zero-order valence-electron chi connectivity index (χ0n) is 11.2. The lowest BCUT2D eigenvalue weighted by molar-refractivity contribution is -0.107. The van der Waals surface area contributed by atoms with E-state index >= 15 is 0 Å². The summed E-state index contributed by atoms with van der Waals surface area (Å²) >= 11 is 0. The third-order valence-electron chi connectivity index (χ3n) is 2.09. The Morgan fingerprint density at radius 3 is 2.53 bits per heavy atom. The molecule has 0 radical (unpaired) electrons. The molecule has 0 spiro atoms. The molecule has 0 saturated carbocycles. The van der Waals surface area contributed by atoms with E-state index in [0.717, 1.165) is 24.9 Å². The van der Waals surface area contributed by atoms with E-state index in [2.05, 4.69) is 15.2 Å². The van der Waals surface area contributed by atoms with Crippen molar-refractivity contribution in [3.8, 4) is 0 Å². The first kappa shape index (κ1) is 15.6. The van der Waals surface area contributed by atoms with Gasteiger partial charge in [0.1, 0.15) is 6.29 Å². The molecular weight excluding hydrogens is 214 g/mol. The molecule has 0 bridgehead atoms. The van der Waals surface area contributed by atoms with Crippen LogP contribution in [0, 0.1) is 6.92 Å². The largest absolute Gasteiger partial charge is 0.387 e. The summed E-state index contributed by atoms with van der Waals surface area (Å²) < 4.78 is 0. The molecule has 1 N–H and O–H groups in total. The fourth-order valence-electron chi connectivity index (χ4n) is 1.18. The Balaban J connectivity index is 0.000000304. The van der Waals surface area contributed by atoms with Crippen LogP contribution in [-0.4, -0.2) is 43.9 Å². The van der Waals surface area contributed by atoms with Crippen LogP contribution in [0.3, 0.4) is 0 Å². The quantitative estimate of drug-likeness (QED) is 0.628. The van der Waals surface area contributed by atoms with E-state index in [-0.39, 0.29) is 0 Å². The first-order chi connectivity index (χ1) is 8.10. The van der Waals surface area contributed by atoms with Gasteiger partial charge in [-0.3, -0.25) is 4.98 Å². The predicted octanol–water partition coefficient (Wildman–Crippen LogP) is 1.96. The summed E-state index contributed by atoms with van der Waals surface area (Å²) in [6.07, 6.45) is 6.27. The molecule has 4 heteroatoms. The maximum absolute atomic E-state index is 9.77. The maximum atomic E-state index is 9.77. The monoisotopic (exact) mass is 237 g/mol. The molecule has 0 aliphatic heterocycles. The summed E-state index contributed by atoms with van der Waals surface area (Å²) in [6.45, 7) is 3.03. The van der Waals surface area contributed by atoms with E-state index in [4.69, 9.17) is 0 Å². The minimum absolute atomic E-state index is 0.693. The van der Waals surface area contributed by atoms with Crippen molar-refractivity contribution in [1.82, 2.24) is 9.88 Å². The van der Waals surface area contributed by atoms with Crippen molar-refractivity contribution < 1.29 is 4.79 Å². The molecule has 0 amide bonds. The second-order valence-electron chi connectivity index (χ2n) is 4.11. The number of unbranched alkanes of at least 4 members (excludes halogenated alkanes) is 1. The van der Waals surface area contributed by atoms with Gasteiger partial charge in [0, 0.05) is 25.9 Å². The van der Waals surface area contributed by atoms with Crippen LogP contribution in [0.4, 0.5) is 5.69 Å². The average Bonchev–Trinajstić information content (AvgIpc) is 2.30. The van der Waals surface area contributed by atoms with Crippen molar-refractivity contribution in [1.29, 1.82) is 0 Å². The molecule has 1 heterocycles. The van der Waals surface area contributed by atoms with E-state index in [1.165, 1.54) is 5.56 Å². The highest BCUT2D eigenvalue weighted by Crippen LogP contribution is 2.04. The number of carbonyl (C=O) groups is 1. The molecule has 1 rings (SSSR count). The topological polar surface area (TPSA) is 45.2 Å². The predicted molar refractivity (Wildman–Crippen MR) is 72.4 cm³/mol. The summed E-state index contributed by atoms with van der Waals surface area (Å²) in [7, 11) is 5.89. The Hall–Kier alpha value is -1.42. The van der Waals surface area contributed by atoms with Crippen LogP contribution in [0.2, 0.25) is 0 Å². The minimum atomic E-state index is 0.693. The van der Waals surface area contributed by atoms with Gasteiger partial charge in [0.2, 0.25) is 0 Å². The van der Waals surface area contributed by atoms with Crippen LogP contribution in [0.25, 0.3) is 0 Å². The zero-order chi connectivity index (χ0) is 13.1. The summed E-state index contributed by atoms with van der Waals surface area (Å²) in [4.78, 5) is 15.8. The van der Waals surface area contributed by atoms with Crippen LogP contribution >= 0.6 is 0 Å². The molecule has 0 aromatic carbocycles. The van der Waals surface area contributed by atoms with E-state index in [0.29, 0.717) is 6.42 Å². The van der Waals surface area contributed by atoms with E-state index in [1.54, 1.807) is 6.20 Å². The molecule has 1 aromatic rings. The van der Waals surface area contributed by atoms with Gasteiger partial charge in [0.25, 0.3) is 0 Å². The Bertz CT molecular complexity index is 313. The zero-order valence-corrected chi connectivity index (χ0v) is 11.2. The lowest BCUT2D eigenvalue weighted by atomic mass is 10.3. The molecule has 0 atom stereocenters. The second-order valence-corrected chi connectivity index (χ2v) is 4.11. The lowest BCUT2D eigenvalue weighted by Crippen LogP contribution is -2.12. The number of aromatic nitrogens is 1. The van der Waals surface area contributed by atoms with Crippen molar-refractivity contribution in [2.75, 3.05) is 33.0 Å². The molecule has 0 saturated heterocycles. The van der Waals surface area contributed by atoms with Crippen molar-refractivity contribution in [2.45, 2.75) is 19.8 Å². The Labute approximate surface area is 104 Å². The van der Waals surface area contributed by atoms with Crippen LogP contribution in [0.1, 0.15) is 18.4 Å². The molecule has 17 heavy (non-hydrogen) atoms. The summed E-state index contributed by atoms with van der Waals surface area (Å²) in [5.74, 6) is 0. The molecular formula is C13H23N3O. The standard InChI is InChI=1S/C7H10N2.C6H13NO/c1-6-3-7(8-2)5-9-4-6;1-7(2)5-3-4-6-8/h3-5,8H,1-2H3;6H,3-5H2,1-2H3. The highest BCUT2D eigenvalue weighted by molar-refractivity contribution is 5.49. The third-order valence-corrected chi connectivity index (χ3v) is 2.09. The maximum Gasteiger partial charge on any atom is 0.120 e. The van der Waals surface area contributed by atoms with Gasteiger partial charge in [-0.25, -0.2) is 0 Å². The van der Waals surface area contributed by atoms with Crippen molar-refractivity contribution in [3.63, 3.8) is 0 Å². The number of pyridine rings is 1. The Morgan fingerprint density at radius 2 is 2.12 bits per heavy atom. The fourth-order valence-corrected chi connectivity index (χ4v) is 1.18. The number of hydrogen-bond donors (Lipinski definition) is 1. The number of aryl methyl sites for hydroxylation is 1. The molecule has 0 unspecified atom stereocenters. The number of aldehydes is 1. The summed E-state index contributed by atoms with van der Waals surface area (Å²) in [6, 6.07) is 2.05. The number of nitrogens with one attached hydrogen (secondary N) is 1. The molecule has 0 aliphatic carbocycles. The Kier molecular flexibility index (Phi) is 8.96. The molecule has 0 aliphatic rings.